The van der Waals surface area contributed by atoms with Crippen LogP contribution in [0.2, 0.25) is 0 Å². The molecule has 11 aromatic heterocycles. The Kier molecular flexibility index (Phi) is 16.1. The number of amides is 1. The van der Waals surface area contributed by atoms with Crippen molar-refractivity contribution in [2.75, 3.05) is 11.1 Å². The Labute approximate surface area is 500 Å². The van der Waals surface area contributed by atoms with Gasteiger partial charge >= 0.3 is 6.18 Å². The van der Waals surface area contributed by atoms with Gasteiger partial charge in [-0.25, -0.2) is 48.1 Å². The van der Waals surface area contributed by atoms with Crippen LogP contribution in [0.25, 0.3) is 90.9 Å². The minimum Gasteiger partial charge on any atom is -0.382 e. The molecule has 0 saturated heterocycles. The quantitative estimate of drug-likeness (QED) is 0.0694. The lowest BCUT2D eigenvalue weighted by Gasteiger charge is -2.09. The number of rotatable bonds is 15. The third-order valence-electron chi connectivity index (χ3n) is 13.5. The van der Waals surface area contributed by atoms with Crippen LogP contribution in [0.1, 0.15) is 29.5 Å². The molecule has 0 spiro atoms. The van der Waals surface area contributed by atoms with Crippen molar-refractivity contribution in [3.8, 4) is 68.7 Å². The first-order valence-electron chi connectivity index (χ1n) is 26.8. The number of alkyl halides is 3. The number of H-pyrrole nitrogens is 2. The van der Waals surface area contributed by atoms with Gasteiger partial charge in [0.15, 0.2) is 34.6 Å². The molecule has 5 N–H and O–H groups in total. The van der Waals surface area contributed by atoms with Crippen molar-refractivity contribution >= 4 is 39.6 Å². The summed E-state index contributed by atoms with van der Waals surface area (Å²) < 4.78 is 100. The van der Waals surface area contributed by atoms with E-state index >= 15 is 0 Å². The van der Waals surface area contributed by atoms with Gasteiger partial charge in [-0.2, -0.15) is 28.5 Å². The number of anilines is 2. The summed E-state index contributed by atoms with van der Waals surface area (Å²) in [5.74, 6) is -1.22. The Morgan fingerprint density at radius 2 is 1.04 bits per heavy atom. The molecule has 14 rings (SSSR count). The normalized spacial score (nSPS) is 11.4. The number of hydrogen-bond donors (Lipinski definition) is 4. The molecule has 0 aliphatic heterocycles. The SMILES string of the molecule is Cn1[nH]c2nc(-c3cc(-c4ccon4)n(Cc4ccccc4F)n3)ncc2c1=O.Fc1ccccc1Cn1nc(-c2ncc3[nH]cnc3n2)cc1-c1ccon1.Nc1nc(-c2cc(-c3ccon3)n(Cc3ccccc3F)n2)ncc1NC(=O)CCC(F)(F)F. The third-order valence-corrected chi connectivity index (χ3v) is 13.5. The summed E-state index contributed by atoms with van der Waals surface area (Å²) in [5, 5.41) is 30.9. The zero-order valence-electron chi connectivity index (χ0n) is 46.5. The monoisotopic (exact) mass is 1230 g/mol. The van der Waals surface area contributed by atoms with E-state index in [2.05, 4.69) is 81.1 Å². The molecule has 0 aliphatic carbocycles. The molecule has 32 heteroatoms. The van der Waals surface area contributed by atoms with E-state index in [0.29, 0.717) is 90.6 Å². The van der Waals surface area contributed by atoms with E-state index in [9.17, 15) is 35.9 Å². The van der Waals surface area contributed by atoms with Crippen molar-refractivity contribution < 1.29 is 44.7 Å². The predicted molar refractivity (Wildman–Crippen MR) is 308 cm³/mol. The van der Waals surface area contributed by atoms with Crippen molar-refractivity contribution in [1.29, 1.82) is 0 Å². The number of aryl methyl sites for hydroxylation is 1. The fourth-order valence-electron chi connectivity index (χ4n) is 9.04. The Balaban J connectivity index is 0.000000132. The summed E-state index contributed by atoms with van der Waals surface area (Å²) in [6.07, 6.45) is 3.67. The molecule has 0 atom stereocenters. The number of benzene rings is 3. The standard InChI is InChI=1S/C21H17F4N7O2.C19H14FN7O2.C18H12FN7O/c22-13-4-2-1-3-12(13)11-32-17(14-6-8-34-31-14)9-15(30-32)20-27-10-16(19(26)29-20)28-18(33)5-7-21(23,24)25;1-26-19(28)12-9-21-18(22-17(12)24-26)15-8-16(14-6-7-29-25-14)27(23-15)10-11-4-2-3-5-13(11)20;19-12-4-2-1-3-11(12)9-26-16(13-5-6-27-25-13)7-14(24-26)17-20-8-15-18(23-17)22-10-21-15/h1-4,6,8-10H,5,7,11H2,(H,28,33)(H2,26,27,29);2-9H,10H2,1H3,(H,21,22,24);1-8,10H,9H2,(H,20,21,22,23). The Hall–Kier alpha value is -12.3. The lowest BCUT2D eigenvalue weighted by molar-refractivity contribution is -0.142. The number of aromatic amines is 2. The van der Waals surface area contributed by atoms with Gasteiger partial charge in [0.25, 0.3) is 5.56 Å². The van der Waals surface area contributed by atoms with Crippen LogP contribution in [0.5, 0.6) is 0 Å². The van der Waals surface area contributed by atoms with E-state index in [-0.39, 0.29) is 59.9 Å². The van der Waals surface area contributed by atoms with Gasteiger partial charge in [-0.15, -0.1) is 0 Å². The van der Waals surface area contributed by atoms with Crippen molar-refractivity contribution in [3.05, 3.63) is 197 Å². The zero-order chi connectivity index (χ0) is 62.5. The summed E-state index contributed by atoms with van der Waals surface area (Å²) in [4.78, 5) is 56.5. The van der Waals surface area contributed by atoms with Gasteiger partial charge in [-0.3, -0.25) is 33.4 Å². The number of nitrogens with zero attached hydrogens (tertiary/aromatic N) is 17. The van der Waals surface area contributed by atoms with Gasteiger partial charge in [0, 0.05) is 54.6 Å². The molecular formula is C58H43F6N21O5. The summed E-state index contributed by atoms with van der Waals surface area (Å²) in [5.41, 5.74) is 13.4. The first-order valence-corrected chi connectivity index (χ1v) is 26.8. The highest BCUT2D eigenvalue weighted by Crippen LogP contribution is 2.30. The maximum Gasteiger partial charge on any atom is 0.389 e. The second kappa shape index (κ2) is 25.0. The Bertz CT molecular complexity index is 4880. The van der Waals surface area contributed by atoms with Crippen LogP contribution in [-0.2, 0) is 31.5 Å². The molecule has 0 unspecified atom stereocenters. The second-order valence-electron chi connectivity index (χ2n) is 19.6. The van der Waals surface area contributed by atoms with E-state index in [4.69, 9.17) is 19.3 Å². The Morgan fingerprint density at radius 3 is 1.50 bits per heavy atom. The summed E-state index contributed by atoms with van der Waals surface area (Å²) in [7, 11) is 1.61. The van der Waals surface area contributed by atoms with Gasteiger partial charge < -0.3 is 29.6 Å². The molecule has 0 fully saturated rings. The van der Waals surface area contributed by atoms with Crippen LogP contribution >= 0.6 is 0 Å². The maximum absolute atomic E-state index is 14.2. The van der Waals surface area contributed by atoms with Gasteiger partial charge in [-0.1, -0.05) is 70.1 Å². The number of imidazole rings is 1. The van der Waals surface area contributed by atoms with E-state index in [1.807, 2.05) is 0 Å². The van der Waals surface area contributed by atoms with Crippen molar-refractivity contribution in [2.24, 2.45) is 7.05 Å². The van der Waals surface area contributed by atoms with E-state index in [1.165, 1.54) is 58.7 Å². The molecule has 0 aliphatic rings. The lowest BCUT2D eigenvalue weighted by Crippen LogP contribution is -2.17. The number of carbonyl (C=O) groups is 1. The molecule has 90 heavy (non-hydrogen) atoms. The highest BCUT2D eigenvalue weighted by Gasteiger charge is 2.28. The minimum absolute atomic E-state index is 0.0292. The highest BCUT2D eigenvalue weighted by atomic mass is 19.4. The first-order chi connectivity index (χ1) is 43.6. The molecule has 452 valence electrons. The summed E-state index contributed by atoms with van der Waals surface area (Å²) >= 11 is 0. The number of carbonyl (C=O) groups excluding carboxylic acids is 1. The molecule has 0 saturated carbocycles. The smallest absolute Gasteiger partial charge is 0.382 e. The highest BCUT2D eigenvalue weighted by molar-refractivity contribution is 5.93. The van der Waals surface area contributed by atoms with Crippen molar-refractivity contribution in [2.45, 2.75) is 38.7 Å². The number of nitrogens with two attached hydrogens (primary N) is 1. The fourth-order valence-corrected chi connectivity index (χ4v) is 9.04. The third kappa shape index (κ3) is 13.0. The van der Waals surface area contributed by atoms with Crippen LogP contribution in [0.3, 0.4) is 0 Å². The topological polar surface area (TPSA) is 330 Å². The van der Waals surface area contributed by atoms with E-state index in [0.717, 1.165) is 5.52 Å². The minimum atomic E-state index is -4.45. The molecule has 1 amide bonds. The van der Waals surface area contributed by atoms with Crippen LogP contribution in [-0.4, -0.2) is 107 Å². The average molecular weight is 1230 g/mol. The van der Waals surface area contributed by atoms with Crippen molar-refractivity contribution in [3.63, 3.8) is 0 Å². The number of hydrogen-bond acceptors (Lipinski definition) is 19. The lowest BCUT2D eigenvalue weighted by atomic mass is 10.2. The van der Waals surface area contributed by atoms with E-state index < -0.39 is 30.7 Å². The van der Waals surface area contributed by atoms with Gasteiger partial charge in [0.05, 0.1) is 61.9 Å². The van der Waals surface area contributed by atoms with Gasteiger partial charge in [-0.05, 0) is 36.4 Å². The largest absolute Gasteiger partial charge is 0.389 e. The van der Waals surface area contributed by atoms with Crippen molar-refractivity contribution in [1.82, 2.24) is 94.5 Å². The van der Waals surface area contributed by atoms with Crippen LogP contribution in [0.4, 0.5) is 37.8 Å². The number of nitrogen functional groups attached to an aromatic ring is 1. The number of halogens is 6. The number of nitrogens with one attached hydrogen (secondary N) is 3. The predicted octanol–water partition coefficient (Wildman–Crippen LogP) is 9.47. The molecular weight excluding hydrogens is 1180 g/mol. The molecule has 3 aromatic carbocycles. The number of fused-ring (bicyclic) bond motifs is 2. The van der Waals surface area contributed by atoms with Gasteiger partial charge in [0.2, 0.25) is 5.91 Å². The maximum atomic E-state index is 14.2. The molecule has 0 bridgehead atoms. The molecule has 26 nitrogen and oxygen atoms in total. The number of aromatic nitrogens is 19. The first kappa shape index (κ1) is 58.1. The van der Waals surface area contributed by atoms with Crippen LogP contribution < -0.4 is 16.6 Å². The summed E-state index contributed by atoms with van der Waals surface area (Å²) in [6.45, 7) is 0.510. The Morgan fingerprint density at radius 1 is 0.589 bits per heavy atom. The summed E-state index contributed by atoms with van der Waals surface area (Å²) in [6, 6.07) is 29.5. The molecule has 14 aromatic rings. The fraction of sp³-hybridized carbons (Fsp3) is 0.121. The second-order valence-corrected chi connectivity index (χ2v) is 19.6. The molecule has 11 heterocycles. The van der Waals surface area contributed by atoms with Crippen LogP contribution in [0.15, 0.2) is 171 Å². The van der Waals surface area contributed by atoms with Crippen LogP contribution in [0, 0.1) is 17.5 Å². The van der Waals surface area contributed by atoms with Gasteiger partial charge in [0.1, 0.15) is 87.0 Å². The average Bonchev–Trinajstić information content (AvgIpc) is 2.15. The van der Waals surface area contributed by atoms with E-state index in [1.54, 1.807) is 120 Å². The zero-order valence-corrected chi connectivity index (χ0v) is 46.5. The molecule has 0 radical (unpaired) electrons.